The number of likely N-dealkylation sites (tertiary alicyclic amines) is 1. The molecular formula is C24H30ClN3O. The quantitative estimate of drug-likeness (QED) is 0.687. The predicted molar refractivity (Wildman–Crippen MR) is 121 cm³/mol. The summed E-state index contributed by atoms with van der Waals surface area (Å²) in [7, 11) is 0. The normalized spacial score (nSPS) is 20.0. The predicted octanol–water partition coefficient (Wildman–Crippen LogP) is 4.11. The molecule has 1 aliphatic rings. The van der Waals surface area contributed by atoms with Crippen LogP contribution >= 0.6 is 11.6 Å². The largest absolute Gasteiger partial charge is 0.355 e. The molecule has 5 heteroatoms. The second-order valence-corrected chi connectivity index (χ2v) is 8.12. The Bertz CT molecular complexity index is 837. The lowest BCUT2D eigenvalue weighted by Crippen LogP contribution is -2.42. The summed E-state index contributed by atoms with van der Waals surface area (Å²) in [4.78, 5) is 14.9. The number of likely N-dealkylation sites (N-methyl/N-ethyl adjacent to an activating group) is 1. The van der Waals surface area contributed by atoms with Crippen molar-refractivity contribution in [3.05, 3.63) is 76.3 Å². The van der Waals surface area contributed by atoms with E-state index in [-0.39, 0.29) is 18.0 Å². The van der Waals surface area contributed by atoms with E-state index in [1.54, 1.807) is 0 Å². The van der Waals surface area contributed by atoms with Crippen LogP contribution in [0.25, 0.3) is 6.08 Å². The van der Waals surface area contributed by atoms with E-state index in [0.29, 0.717) is 6.54 Å². The Hall–Kier alpha value is -2.14. The van der Waals surface area contributed by atoms with Crippen molar-refractivity contribution in [2.45, 2.75) is 38.9 Å². The van der Waals surface area contributed by atoms with Crippen LogP contribution in [0.3, 0.4) is 0 Å². The monoisotopic (exact) mass is 411 g/mol. The molecule has 0 spiro atoms. The third-order valence-corrected chi connectivity index (χ3v) is 5.45. The van der Waals surface area contributed by atoms with Crippen LogP contribution in [0.15, 0.2) is 60.2 Å². The number of benzene rings is 2. The summed E-state index contributed by atoms with van der Waals surface area (Å²) < 4.78 is 0. The molecule has 2 aromatic rings. The topological polar surface area (TPSA) is 44.4 Å². The van der Waals surface area contributed by atoms with Crippen molar-refractivity contribution in [2.24, 2.45) is 0 Å². The minimum Gasteiger partial charge on any atom is -0.355 e. The number of carbonyl (C=O) groups is 1. The Labute approximate surface area is 178 Å². The second-order valence-electron chi connectivity index (χ2n) is 7.68. The highest BCUT2D eigenvalue weighted by atomic mass is 35.5. The summed E-state index contributed by atoms with van der Waals surface area (Å²) in [5.41, 5.74) is 3.62. The number of hydrogen-bond donors (Lipinski definition) is 2. The van der Waals surface area contributed by atoms with Gasteiger partial charge in [0.05, 0.1) is 6.04 Å². The first kappa shape index (κ1) is 21.6. The molecule has 0 radical (unpaired) electrons. The number of halogens is 1. The Morgan fingerprint density at radius 1 is 1.21 bits per heavy atom. The number of nitrogens with one attached hydrogen (secondary N) is 2. The maximum Gasteiger partial charge on any atom is 0.237 e. The molecule has 0 unspecified atom stereocenters. The molecule has 0 aromatic heterocycles. The molecule has 4 nitrogen and oxygen atoms in total. The van der Waals surface area contributed by atoms with Gasteiger partial charge in [0.1, 0.15) is 0 Å². The highest BCUT2D eigenvalue weighted by Gasteiger charge is 2.36. The van der Waals surface area contributed by atoms with Crippen molar-refractivity contribution in [3.8, 4) is 0 Å². The number of carbonyl (C=O) groups excluding carboxylic acids is 1. The van der Waals surface area contributed by atoms with E-state index in [9.17, 15) is 4.79 Å². The minimum absolute atomic E-state index is 0.107. The molecule has 1 amide bonds. The Kier molecular flexibility index (Phi) is 7.87. The maximum absolute atomic E-state index is 12.6. The van der Waals surface area contributed by atoms with Gasteiger partial charge in [0, 0.05) is 37.2 Å². The first-order valence-corrected chi connectivity index (χ1v) is 10.6. The average molecular weight is 412 g/mol. The molecule has 0 bridgehead atoms. The first-order chi connectivity index (χ1) is 14.0. The van der Waals surface area contributed by atoms with E-state index in [1.807, 2.05) is 43.3 Å². The summed E-state index contributed by atoms with van der Waals surface area (Å²) in [6, 6.07) is 18.4. The summed E-state index contributed by atoms with van der Waals surface area (Å²) in [5, 5.41) is 7.36. The molecule has 3 rings (SSSR count). The molecule has 29 heavy (non-hydrogen) atoms. The molecule has 1 fully saturated rings. The number of hydrogen-bond acceptors (Lipinski definition) is 3. The van der Waals surface area contributed by atoms with Gasteiger partial charge < -0.3 is 10.6 Å². The third-order valence-electron chi connectivity index (χ3n) is 5.21. The fourth-order valence-corrected chi connectivity index (χ4v) is 4.06. The average Bonchev–Trinajstić information content (AvgIpc) is 3.10. The van der Waals surface area contributed by atoms with Gasteiger partial charge in [-0.3, -0.25) is 9.69 Å². The molecule has 1 heterocycles. The van der Waals surface area contributed by atoms with Gasteiger partial charge in [-0.05, 0) is 43.5 Å². The molecular weight excluding hydrogens is 382 g/mol. The van der Waals surface area contributed by atoms with Crippen molar-refractivity contribution >= 4 is 23.6 Å². The summed E-state index contributed by atoms with van der Waals surface area (Å²) in [6.07, 6.45) is 3.01. The maximum atomic E-state index is 12.6. The van der Waals surface area contributed by atoms with Gasteiger partial charge in [0.2, 0.25) is 5.91 Å². The van der Waals surface area contributed by atoms with Gasteiger partial charge in [0.25, 0.3) is 0 Å². The standard InChI is InChI=1S/C24H30ClN3O/c1-3-26-24(29)23-14-22(17-28(23)16-20-10-7-11-21(25)13-20)27-15-18(2)12-19-8-5-4-6-9-19/h4-13,22-23,27H,3,14-17H2,1-2H3,(H,26,29)/t22-,23-/m0/s1. The van der Waals surface area contributed by atoms with E-state index in [4.69, 9.17) is 11.6 Å². The van der Waals surface area contributed by atoms with Crippen LogP contribution in [0, 0.1) is 0 Å². The summed E-state index contributed by atoms with van der Waals surface area (Å²) in [6.45, 7) is 7.12. The van der Waals surface area contributed by atoms with Gasteiger partial charge in [-0.1, -0.05) is 65.7 Å². The molecule has 2 N–H and O–H groups in total. The van der Waals surface area contributed by atoms with E-state index in [0.717, 1.165) is 36.6 Å². The van der Waals surface area contributed by atoms with Crippen molar-refractivity contribution in [2.75, 3.05) is 19.6 Å². The van der Waals surface area contributed by atoms with Crippen LogP contribution in [-0.4, -0.2) is 42.5 Å². The van der Waals surface area contributed by atoms with E-state index < -0.39 is 0 Å². The molecule has 154 valence electrons. The van der Waals surface area contributed by atoms with Crippen LogP contribution in [0.1, 0.15) is 31.4 Å². The molecule has 0 saturated carbocycles. The van der Waals surface area contributed by atoms with Crippen molar-refractivity contribution in [1.82, 2.24) is 15.5 Å². The van der Waals surface area contributed by atoms with E-state index in [2.05, 4.69) is 46.7 Å². The van der Waals surface area contributed by atoms with Gasteiger partial charge in [-0.15, -0.1) is 0 Å². The fraction of sp³-hybridized carbons (Fsp3) is 0.375. The van der Waals surface area contributed by atoms with Crippen molar-refractivity contribution in [1.29, 1.82) is 0 Å². The molecule has 1 saturated heterocycles. The van der Waals surface area contributed by atoms with Crippen LogP contribution in [0.4, 0.5) is 0 Å². The van der Waals surface area contributed by atoms with E-state index >= 15 is 0 Å². The van der Waals surface area contributed by atoms with Crippen molar-refractivity contribution in [3.63, 3.8) is 0 Å². The van der Waals surface area contributed by atoms with Gasteiger partial charge in [0.15, 0.2) is 0 Å². The zero-order valence-corrected chi connectivity index (χ0v) is 18.0. The Balaban J connectivity index is 1.62. The summed E-state index contributed by atoms with van der Waals surface area (Å²) >= 11 is 6.14. The van der Waals surface area contributed by atoms with Crippen LogP contribution < -0.4 is 10.6 Å². The fourth-order valence-electron chi connectivity index (χ4n) is 3.85. The van der Waals surface area contributed by atoms with E-state index in [1.165, 1.54) is 11.1 Å². The minimum atomic E-state index is -0.121. The lowest BCUT2D eigenvalue weighted by atomic mass is 10.1. The molecule has 2 atom stereocenters. The Morgan fingerprint density at radius 3 is 2.72 bits per heavy atom. The molecule has 1 aliphatic heterocycles. The zero-order valence-electron chi connectivity index (χ0n) is 17.2. The smallest absolute Gasteiger partial charge is 0.237 e. The van der Waals surface area contributed by atoms with Crippen LogP contribution in [0.2, 0.25) is 5.02 Å². The molecule has 0 aliphatic carbocycles. The van der Waals surface area contributed by atoms with Gasteiger partial charge in [-0.2, -0.15) is 0 Å². The number of rotatable bonds is 8. The summed E-state index contributed by atoms with van der Waals surface area (Å²) in [5.74, 6) is 0.107. The van der Waals surface area contributed by atoms with Crippen LogP contribution in [0.5, 0.6) is 0 Å². The SMILES string of the molecule is CCNC(=O)[C@@H]1C[C@H](NCC(C)=Cc2ccccc2)CN1Cc1cccc(Cl)c1. The Morgan fingerprint density at radius 2 is 2.00 bits per heavy atom. The first-order valence-electron chi connectivity index (χ1n) is 10.3. The van der Waals surface area contributed by atoms with Crippen LogP contribution in [-0.2, 0) is 11.3 Å². The van der Waals surface area contributed by atoms with Crippen molar-refractivity contribution < 1.29 is 4.79 Å². The van der Waals surface area contributed by atoms with Gasteiger partial charge >= 0.3 is 0 Å². The lowest BCUT2D eigenvalue weighted by molar-refractivity contribution is -0.125. The highest BCUT2D eigenvalue weighted by molar-refractivity contribution is 6.30. The third kappa shape index (κ3) is 6.43. The number of nitrogens with zero attached hydrogens (tertiary/aromatic N) is 1. The zero-order chi connectivity index (χ0) is 20.6. The lowest BCUT2D eigenvalue weighted by Gasteiger charge is -2.23. The molecule has 2 aromatic carbocycles. The second kappa shape index (κ2) is 10.6. The highest BCUT2D eigenvalue weighted by Crippen LogP contribution is 2.22. The van der Waals surface area contributed by atoms with Gasteiger partial charge in [-0.25, -0.2) is 0 Å². The number of amides is 1.